The van der Waals surface area contributed by atoms with Gasteiger partial charge < -0.3 is 15.5 Å². The first-order chi connectivity index (χ1) is 22.5. The first-order valence-electron chi connectivity index (χ1n) is 14.5. The second-order valence-corrected chi connectivity index (χ2v) is 11.8. The highest BCUT2D eigenvalue weighted by atomic mass is 19.4. The van der Waals surface area contributed by atoms with E-state index in [9.17, 15) is 54.3 Å². The van der Waals surface area contributed by atoms with E-state index in [0.29, 0.717) is 29.8 Å². The van der Waals surface area contributed by atoms with Crippen molar-refractivity contribution in [1.82, 2.24) is 19.4 Å². The number of carbonyl (C=O) groups excluding carboxylic acids is 3. The van der Waals surface area contributed by atoms with E-state index in [1.165, 1.54) is 0 Å². The number of rotatable bonds is 6. The smallest absolute Gasteiger partial charge is 0.331 e. The predicted molar refractivity (Wildman–Crippen MR) is 152 cm³/mol. The number of aromatic nitrogens is 2. The van der Waals surface area contributed by atoms with Crippen LogP contribution in [0.5, 0.6) is 0 Å². The van der Waals surface area contributed by atoms with Gasteiger partial charge in [-0.15, -0.1) is 0 Å². The number of halogens is 8. The number of ketones is 1. The molecule has 1 saturated heterocycles. The number of anilines is 1. The highest BCUT2D eigenvalue weighted by Gasteiger charge is 2.61. The van der Waals surface area contributed by atoms with E-state index < -0.39 is 87.3 Å². The molecular weight excluding hydrogens is 658 g/mol. The fourth-order valence-electron chi connectivity index (χ4n) is 6.61. The van der Waals surface area contributed by atoms with Crippen molar-refractivity contribution in [3.63, 3.8) is 0 Å². The number of nitrogens with zero attached hydrogens (tertiary/aromatic N) is 3. The van der Waals surface area contributed by atoms with Crippen LogP contribution in [0, 0.1) is 11.6 Å². The molecule has 2 N–H and O–H groups in total. The predicted octanol–water partition coefficient (Wildman–Crippen LogP) is 4.80. The summed E-state index contributed by atoms with van der Waals surface area (Å²) in [6, 6.07) is 4.93. The molecular formula is C31H21F8N5O4. The molecule has 1 unspecified atom stereocenters. The molecule has 7 rings (SSSR count). The first kappa shape index (κ1) is 31.5. The Morgan fingerprint density at radius 3 is 2.27 bits per heavy atom. The summed E-state index contributed by atoms with van der Waals surface area (Å²) in [7, 11) is 0. The number of hydrogen-bond acceptors (Lipinski definition) is 5. The SMILES string of the molecule is O=C(Nc1cc2c(c3c1C1(NC3=O)C(=O)c3ccc(F)cc31)n(CCN1CCC1)c(=O)n2CC(F)(F)F)c1cc(F)cc(C(F)(F)F)c1. The van der Waals surface area contributed by atoms with Crippen LogP contribution in [0.2, 0.25) is 0 Å². The van der Waals surface area contributed by atoms with Gasteiger partial charge in [0, 0.05) is 35.3 Å². The van der Waals surface area contributed by atoms with E-state index in [2.05, 4.69) is 10.6 Å². The lowest BCUT2D eigenvalue weighted by atomic mass is 9.65. The molecule has 48 heavy (non-hydrogen) atoms. The van der Waals surface area contributed by atoms with Gasteiger partial charge in [0.25, 0.3) is 11.8 Å². The van der Waals surface area contributed by atoms with Crippen molar-refractivity contribution in [1.29, 1.82) is 0 Å². The Bertz CT molecular complexity index is 2150. The van der Waals surface area contributed by atoms with Crippen molar-refractivity contribution in [2.45, 2.75) is 37.4 Å². The number of benzene rings is 3. The highest BCUT2D eigenvalue weighted by Crippen LogP contribution is 2.53. The first-order valence-corrected chi connectivity index (χ1v) is 14.5. The lowest BCUT2D eigenvalue weighted by molar-refractivity contribution is -0.140. The lowest BCUT2D eigenvalue weighted by Crippen LogP contribution is -2.55. The standard InChI is InChI=1S/C31H21F8N5O4/c32-16-2-3-18-19(11-16)30(25(18)45)23-20(40-26(46)14-8-15(31(37,38)39)10-17(33)9-14)12-21-24(22(23)27(47)41-30)43(7-6-42-4-1-5-42)28(48)44(21)13-29(34,35)36/h2-3,8-12H,1,4-7,13H2,(H,40,46)(H,41,47). The Balaban J connectivity index is 1.49. The highest BCUT2D eigenvalue weighted by molar-refractivity contribution is 6.26. The summed E-state index contributed by atoms with van der Waals surface area (Å²) < 4.78 is 112. The van der Waals surface area contributed by atoms with Crippen LogP contribution in [-0.2, 0) is 24.8 Å². The lowest BCUT2D eigenvalue weighted by Gasteiger charge is -2.40. The maximum Gasteiger partial charge on any atom is 0.416 e. The van der Waals surface area contributed by atoms with Crippen molar-refractivity contribution in [2.24, 2.45) is 0 Å². The maximum atomic E-state index is 14.5. The molecule has 1 aromatic heterocycles. The largest absolute Gasteiger partial charge is 0.416 e. The Morgan fingerprint density at radius 2 is 1.62 bits per heavy atom. The van der Waals surface area contributed by atoms with E-state index in [0.717, 1.165) is 35.3 Å². The second-order valence-electron chi connectivity index (χ2n) is 11.8. The molecule has 1 spiro atoms. The van der Waals surface area contributed by atoms with Crippen LogP contribution in [0.3, 0.4) is 0 Å². The summed E-state index contributed by atoms with van der Waals surface area (Å²) in [5, 5.41) is 4.70. The number of amides is 2. The maximum absolute atomic E-state index is 14.5. The van der Waals surface area contributed by atoms with Gasteiger partial charge in [0.05, 0.1) is 27.8 Å². The van der Waals surface area contributed by atoms with E-state index in [1.807, 2.05) is 4.90 Å². The molecule has 0 radical (unpaired) electrons. The number of carbonyl (C=O) groups is 3. The molecule has 17 heteroatoms. The van der Waals surface area contributed by atoms with Crippen LogP contribution >= 0.6 is 0 Å². The third-order valence-corrected chi connectivity index (χ3v) is 8.84. The average molecular weight is 680 g/mol. The molecule has 2 aliphatic heterocycles. The van der Waals surface area contributed by atoms with Gasteiger partial charge >= 0.3 is 18.0 Å². The number of nitrogens with one attached hydrogen (secondary N) is 2. The molecule has 1 aliphatic carbocycles. The molecule has 1 fully saturated rings. The summed E-state index contributed by atoms with van der Waals surface area (Å²) in [5.74, 6) is -5.46. The Morgan fingerprint density at radius 1 is 0.896 bits per heavy atom. The number of likely N-dealkylation sites (tertiary alicyclic amines) is 1. The van der Waals surface area contributed by atoms with Gasteiger partial charge in [0.1, 0.15) is 18.2 Å². The van der Waals surface area contributed by atoms with Crippen molar-refractivity contribution in [2.75, 3.05) is 25.0 Å². The molecule has 2 amide bonds. The van der Waals surface area contributed by atoms with Crippen molar-refractivity contribution in [3.05, 3.63) is 98.0 Å². The van der Waals surface area contributed by atoms with Gasteiger partial charge in [-0.3, -0.25) is 23.5 Å². The zero-order chi connectivity index (χ0) is 34.5. The van der Waals surface area contributed by atoms with Gasteiger partial charge in [0.2, 0.25) is 0 Å². The van der Waals surface area contributed by atoms with Crippen molar-refractivity contribution >= 4 is 34.3 Å². The van der Waals surface area contributed by atoms with Crippen LogP contribution < -0.4 is 16.3 Å². The molecule has 0 bridgehead atoms. The van der Waals surface area contributed by atoms with Crippen molar-refractivity contribution < 1.29 is 49.5 Å². The zero-order valence-electron chi connectivity index (χ0n) is 24.3. The van der Waals surface area contributed by atoms with Gasteiger partial charge in [-0.2, -0.15) is 26.3 Å². The van der Waals surface area contributed by atoms with E-state index in [-0.39, 0.29) is 41.4 Å². The number of hydrogen-bond donors (Lipinski definition) is 2. The minimum Gasteiger partial charge on any atom is -0.331 e. The van der Waals surface area contributed by atoms with E-state index >= 15 is 0 Å². The average Bonchev–Trinajstić information content (AvgIpc) is 3.43. The monoisotopic (exact) mass is 679 g/mol. The van der Waals surface area contributed by atoms with Crippen LogP contribution in [-0.4, -0.2) is 57.4 Å². The topological polar surface area (TPSA) is 105 Å². The molecule has 0 saturated carbocycles. The Hall–Kier alpha value is -5.06. The molecule has 4 aromatic rings. The Kier molecular flexibility index (Phi) is 6.88. The minimum absolute atomic E-state index is 0.0216. The normalized spacial score (nSPS) is 18.8. The summed E-state index contributed by atoms with van der Waals surface area (Å²) in [6.07, 6.45) is -9.14. The van der Waals surface area contributed by atoms with Crippen LogP contribution in [0.1, 0.15) is 54.2 Å². The quantitative estimate of drug-likeness (QED) is 0.285. The fraction of sp³-hybridized carbons (Fsp3) is 0.290. The minimum atomic E-state index is -5.06. The van der Waals surface area contributed by atoms with Gasteiger partial charge in [0.15, 0.2) is 11.3 Å². The van der Waals surface area contributed by atoms with Crippen molar-refractivity contribution in [3.8, 4) is 0 Å². The van der Waals surface area contributed by atoms with E-state index in [1.54, 1.807) is 0 Å². The van der Waals surface area contributed by atoms with E-state index in [4.69, 9.17) is 0 Å². The summed E-state index contributed by atoms with van der Waals surface area (Å²) in [5.41, 5.74) is -7.94. The third kappa shape index (κ3) is 4.78. The molecule has 3 heterocycles. The van der Waals surface area contributed by atoms with Crippen LogP contribution in [0.25, 0.3) is 11.0 Å². The molecule has 3 aliphatic rings. The number of fused-ring (bicyclic) bond motifs is 6. The molecule has 1 atom stereocenters. The van der Waals surface area contributed by atoms with Gasteiger partial charge in [-0.05, 0) is 62.0 Å². The molecule has 3 aromatic carbocycles. The number of alkyl halides is 6. The molecule has 250 valence electrons. The summed E-state index contributed by atoms with van der Waals surface area (Å²) in [6.45, 7) is -0.425. The zero-order valence-corrected chi connectivity index (χ0v) is 24.3. The third-order valence-electron chi connectivity index (χ3n) is 8.84. The van der Waals surface area contributed by atoms with Gasteiger partial charge in [-0.25, -0.2) is 13.6 Å². The van der Waals surface area contributed by atoms with Crippen LogP contribution in [0.4, 0.5) is 40.8 Å². The molecule has 9 nitrogen and oxygen atoms in total. The summed E-state index contributed by atoms with van der Waals surface area (Å²) in [4.78, 5) is 56.4. The van der Waals surface area contributed by atoms with Gasteiger partial charge in [-0.1, -0.05) is 0 Å². The summed E-state index contributed by atoms with van der Waals surface area (Å²) >= 11 is 0. The number of Topliss-reactive ketones (excluding diaryl/α,β-unsaturated/α-hetero) is 1. The second kappa shape index (κ2) is 10.5. The van der Waals surface area contributed by atoms with Crippen LogP contribution in [0.15, 0.2) is 47.3 Å². The Labute approximate surface area is 263 Å². The number of imidazole rings is 1. The fourth-order valence-corrected chi connectivity index (χ4v) is 6.61.